The van der Waals surface area contributed by atoms with Gasteiger partial charge in [0.05, 0.1) is 5.56 Å². The van der Waals surface area contributed by atoms with E-state index in [2.05, 4.69) is 31.2 Å². The van der Waals surface area contributed by atoms with Gasteiger partial charge in [-0.1, -0.05) is 0 Å². The molecule has 1 amide bonds. The molecule has 2 aromatic heterocycles. The summed E-state index contributed by atoms with van der Waals surface area (Å²) in [6.45, 7) is 0. The minimum atomic E-state index is -0.271. The number of pyridine rings is 2. The number of nitrogens with one attached hydrogen (secondary N) is 1. The Morgan fingerprint density at radius 2 is 2.00 bits per heavy atom. The van der Waals surface area contributed by atoms with Gasteiger partial charge >= 0.3 is 0 Å². The quantitative estimate of drug-likeness (QED) is 0.888. The zero-order valence-electron chi connectivity index (χ0n) is 8.72. The molecule has 0 unspecified atom stereocenters. The fourth-order valence-corrected chi connectivity index (χ4v) is 1.41. The average molecular weight is 293 g/mol. The van der Waals surface area contributed by atoms with Crippen LogP contribution in [0.3, 0.4) is 0 Å². The molecule has 0 saturated heterocycles. The number of nitrogens with zero attached hydrogens (tertiary/aromatic N) is 2. The Morgan fingerprint density at radius 1 is 1.18 bits per heavy atom. The van der Waals surface area contributed by atoms with Crippen molar-refractivity contribution in [3.63, 3.8) is 0 Å². The van der Waals surface area contributed by atoms with Gasteiger partial charge in [0, 0.05) is 16.9 Å². The molecule has 0 spiro atoms. The van der Waals surface area contributed by atoms with Crippen LogP contribution in [0.2, 0.25) is 0 Å². The maximum Gasteiger partial charge on any atom is 0.258 e. The van der Waals surface area contributed by atoms with Gasteiger partial charge in [-0.2, -0.15) is 0 Å². The van der Waals surface area contributed by atoms with Crippen LogP contribution < -0.4 is 11.1 Å². The molecule has 0 aliphatic rings. The first kappa shape index (κ1) is 11.5. The summed E-state index contributed by atoms with van der Waals surface area (Å²) in [5.41, 5.74) is 5.87. The summed E-state index contributed by atoms with van der Waals surface area (Å²) in [6.07, 6.45) is 3.03. The van der Waals surface area contributed by atoms with Crippen LogP contribution in [0.4, 0.5) is 11.6 Å². The number of halogens is 1. The summed E-state index contributed by atoms with van der Waals surface area (Å²) in [5, 5.41) is 2.65. The molecular weight excluding hydrogens is 284 g/mol. The highest BCUT2D eigenvalue weighted by Crippen LogP contribution is 2.11. The van der Waals surface area contributed by atoms with Crippen molar-refractivity contribution >= 4 is 33.5 Å². The molecule has 3 N–H and O–H groups in total. The first-order valence-electron chi connectivity index (χ1n) is 4.79. The Labute approximate surface area is 106 Å². The lowest BCUT2D eigenvalue weighted by atomic mass is 10.2. The molecule has 6 heteroatoms. The topological polar surface area (TPSA) is 80.9 Å². The van der Waals surface area contributed by atoms with E-state index in [9.17, 15) is 4.79 Å². The Hall–Kier alpha value is -1.95. The second kappa shape index (κ2) is 4.92. The van der Waals surface area contributed by atoms with Crippen LogP contribution >= 0.6 is 15.9 Å². The lowest BCUT2D eigenvalue weighted by molar-refractivity contribution is 0.102. The summed E-state index contributed by atoms with van der Waals surface area (Å²) in [6, 6.07) is 6.68. The maximum atomic E-state index is 11.8. The number of amides is 1. The summed E-state index contributed by atoms with van der Waals surface area (Å²) < 4.78 is 0.852. The molecule has 86 valence electrons. The molecule has 2 aromatic rings. The third-order valence-electron chi connectivity index (χ3n) is 2.02. The van der Waals surface area contributed by atoms with Crippen LogP contribution in [-0.4, -0.2) is 15.9 Å². The molecule has 17 heavy (non-hydrogen) atoms. The molecule has 0 saturated carbocycles. The van der Waals surface area contributed by atoms with E-state index in [1.807, 2.05) is 0 Å². The molecule has 0 aliphatic carbocycles. The van der Waals surface area contributed by atoms with Crippen molar-refractivity contribution in [3.8, 4) is 0 Å². The number of aromatic nitrogens is 2. The minimum Gasteiger partial charge on any atom is -0.384 e. The van der Waals surface area contributed by atoms with E-state index in [0.717, 1.165) is 4.47 Å². The third-order valence-corrected chi connectivity index (χ3v) is 2.49. The molecule has 0 radical (unpaired) electrons. The monoisotopic (exact) mass is 292 g/mol. The van der Waals surface area contributed by atoms with E-state index in [-0.39, 0.29) is 5.91 Å². The molecule has 2 heterocycles. The molecule has 5 nitrogen and oxygen atoms in total. The highest BCUT2D eigenvalue weighted by Gasteiger charge is 2.06. The maximum absolute atomic E-state index is 11.8. The summed E-state index contributed by atoms with van der Waals surface area (Å²) in [7, 11) is 0. The number of nitrogen functional groups attached to an aromatic ring is 1. The molecular formula is C11H9BrN4O. The minimum absolute atomic E-state index is 0.271. The number of hydrogen-bond donors (Lipinski definition) is 2. The molecule has 0 atom stereocenters. The van der Waals surface area contributed by atoms with E-state index < -0.39 is 0 Å². The summed E-state index contributed by atoms with van der Waals surface area (Å²) in [4.78, 5) is 19.6. The van der Waals surface area contributed by atoms with E-state index in [4.69, 9.17) is 5.73 Å². The predicted molar refractivity (Wildman–Crippen MR) is 68.5 cm³/mol. The van der Waals surface area contributed by atoms with E-state index >= 15 is 0 Å². The van der Waals surface area contributed by atoms with Crippen molar-refractivity contribution in [3.05, 3.63) is 46.7 Å². The van der Waals surface area contributed by atoms with Crippen molar-refractivity contribution in [1.82, 2.24) is 9.97 Å². The van der Waals surface area contributed by atoms with E-state index in [1.54, 1.807) is 30.5 Å². The average Bonchev–Trinajstić information content (AvgIpc) is 2.33. The Bertz CT molecular complexity index is 524. The molecule has 0 fully saturated rings. The number of nitrogens with two attached hydrogens (primary N) is 1. The Kier molecular flexibility index (Phi) is 3.34. The number of anilines is 2. The summed E-state index contributed by atoms with van der Waals surface area (Å²) >= 11 is 3.27. The molecule has 0 aliphatic heterocycles. The largest absolute Gasteiger partial charge is 0.384 e. The Balaban J connectivity index is 2.11. The number of hydrogen-bond acceptors (Lipinski definition) is 4. The van der Waals surface area contributed by atoms with Crippen molar-refractivity contribution in [2.24, 2.45) is 0 Å². The van der Waals surface area contributed by atoms with Gasteiger partial charge in [0.25, 0.3) is 5.91 Å². The van der Waals surface area contributed by atoms with Gasteiger partial charge in [0.15, 0.2) is 0 Å². The van der Waals surface area contributed by atoms with E-state index in [0.29, 0.717) is 17.2 Å². The highest BCUT2D eigenvalue weighted by molar-refractivity contribution is 9.10. The zero-order chi connectivity index (χ0) is 12.3. The molecule has 0 bridgehead atoms. The predicted octanol–water partition coefficient (Wildman–Crippen LogP) is 2.07. The number of carbonyl (C=O) groups excluding carboxylic acids is 1. The normalized spacial score (nSPS) is 9.94. The molecule has 2 rings (SSSR count). The van der Waals surface area contributed by atoms with Crippen molar-refractivity contribution in [2.45, 2.75) is 0 Å². The fourth-order valence-electron chi connectivity index (χ4n) is 1.18. The second-order valence-electron chi connectivity index (χ2n) is 3.29. The first-order chi connectivity index (χ1) is 8.15. The second-order valence-corrected chi connectivity index (χ2v) is 4.20. The highest BCUT2D eigenvalue weighted by atomic mass is 79.9. The van der Waals surface area contributed by atoms with Crippen molar-refractivity contribution in [2.75, 3.05) is 11.1 Å². The zero-order valence-corrected chi connectivity index (χ0v) is 10.3. The van der Waals surface area contributed by atoms with Gasteiger partial charge in [-0.25, -0.2) is 9.97 Å². The van der Waals surface area contributed by atoms with E-state index in [1.165, 1.54) is 6.20 Å². The van der Waals surface area contributed by atoms with Crippen LogP contribution in [0.1, 0.15) is 10.4 Å². The number of carbonyl (C=O) groups is 1. The van der Waals surface area contributed by atoms with Crippen molar-refractivity contribution < 1.29 is 4.79 Å². The molecule has 0 aromatic carbocycles. The standard InChI is InChI=1S/C11H9BrN4O/c12-8-2-4-10(15-6-8)16-11(17)7-1-3-9(13)14-5-7/h1-6H,(H2,13,14)(H,15,16,17). The van der Waals surface area contributed by atoms with Crippen LogP contribution in [0.15, 0.2) is 41.1 Å². The Morgan fingerprint density at radius 3 is 2.59 bits per heavy atom. The van der Waals surface area contributed by atoms with Gasteiger partial charge in [-0.15, -0.1) is 0 Å². The van der Waals surface area contributed by atoms with Gasteiger partial charge in [-0.3, -0.25) is 4.79 Å². The van der Waals surface area contributed by atoms with Gasteiger partial charge < -0.3 is 11.1 Å². The van der Waals surface area contributed by atoms with Crippen molar-refractivity contribution in [1.29, 1.82) is 0 Å². The van der Waals surface area contributed by atoms with Crippen LogP contribution in [0, 0.1) is 0 Å². The third kappa shape index (κ3) is 3.01. The summed E-state index contributed by atoms with van der Waals surface area (Å²) in [5.74, 6) is 0.589. The van der Waals surface area contributed by atoms with Gasteiger partial charge in [0.2, 0.25) is 0 Å². The lowest BCUT2D eigenvalue weighted by Gasteiger charge is -2.04. The van der Waals surface area contributed by atoms with Crippen LogP contribution in [0.25, 0.3) is 0 Å². The van der Waals surface area contributed by atoms with Gasteiger partial charge in [-0.05, 0) is 40.2 Å². The SMILES string of the molecule is Nc1ccc(C(=O)Nc2ccc(Br)cn2)cn1. The fraction of sp³-hybridized carbons (Fsp3) is 0. The lowest BCUT2D eigenvalue weighted by Crippen LogP contribution is -2.13. The number of rotatable bonds is 2. The smallest absolute Gasteiger partial charge is 0.258 e. The first-order valence-corrected chi connectivity index (χ1v) is 5.59. The van der Waals surface area contributed by atoms with Crippen LogP contribution in [-0.2, 0) is 0 Å². The van der Waals surface area contributed by atoms with Gasteiger partial charge in [0.1, 0.15) is 11.6 Å². The van der Waals surface area contributed by atoms with Crippen LogP contribution in [0.5, 0.6) is 0 Å².